The van der Waals surface area contributed by atoms with E-state index in [4.69, 9.17) is 9.72 Å². The Morgan fingerprint density at radius 2 is 1.79 bits per heavy atom. The third kappa shape index (κ3) is 7.60. The number of rotatable bonds is 9. The number of thioether (sulfide) groups is 1. The van der Waals surface area contributed by atoms with E-state index in [2.05, 4.69) is 39.6 Å². The molecule has 1 aliphatic heterocycles. The minimum absolute atomic E-state index is 0.313. The Kier molecular flexibility index (Phi) is 10.8. The van der Waals surface area contributed by atoms with Crippen molar-refractivity contribution in [3.63, 3.8) is 0 Å². The summed E-state index contributed by atoms with van der Waals surface area (Å²) in [6.07, 6.45) is 0.911. The van der Waals surface area contributed by atoms with Crippen LogP contribution in [0.15, 0.2) is 29.3 Å². The standard InChI is InChI=1S/C27H33N7O3S/c1-4-21-22(14-28)25(34-11-5-10-33(3)12-13-34)32-26(23(21)15-29)38-18-20-8-6-19(7-9-20)16-31-24(35)17-37-27(36)30-2/h6-9H,4-5,10-13,16-18H2,1-3H3,(H,30,36)(H,31,35). The van der Waals surface area contributed by atoms with Crippen LogP contribution in [0, 0.1) is 22.7 Å². The molecule has 1 saturated heterocycles. The number of nitrogens with zero attached hydrogens (tertiary/aromatic N) is 5. The molecule has 2 amide bonds. The number of alkyl carbamates (subject to hydrolysis) is 1. The summed E-state index contributed by atoms with van der Waals surface area (Å²) in [5.41, 5.74) is 3.68. The molecule has 0 aliphatic carbocycles. The molecule has 11 heteroatoms. The molecule has 0 radical (unpaired) electrons. The highest BCUT2D eigenvalue weighted by Crippen LogP contribution is 2.33. The fourth-order valence-electron chi connectivity index (χ4n) is 4.13. The van der Waals surface area contributed by atoms with Crippen molar-refractivity contribution >= 4 is 29.6 Å². The summed E-state index contributed by atoms with van der Waals surface area (Å²) in [7, 11) is 3.52. The molecule has 2 heterocycles. The summed E-state index contributed by atoms with van der Waals surface area (Å²) in [5.74, 6) is 0.890. The van der Waals surface area contributed by atoms with Gasteiger partial charge in [0.15, 0.2) is 6.61 Å². The number of carbonyl (C=O) groups is 2. The molecule has 0 saturated carbocycles. The smallest absolute Gasteiger partial charge is 0.407 e. The van der Waals surface area contributed by atoms with Crippen molar-refractivity contribution in [2.45, 2.75) is 37.1 Å². The van der Waals surface area contributed by atoms with Gasteiger partial charge in [-0.3, -0.25) is 4.79 Å². The Labute approximate surface area is 228 Å². The van der Waals surface area contributed by atoms with Gasteiger partial charge < -0.3 is 25.2 Å². The number of aromatic nitrogens is 1. The first-order valence-corrected chi connectivity index (χ1v) is 13.5. The summed E-state index contributed by atoms with van der Waals surface area (Å²) >= 11 is 1.49. The zero-order valence-electron chi connectivity index (χ0n) is 22.0. The molecule has 0 atom stereocenters. The van der Waals surface area contributed by atoms with E-state index >= 15 is 0 Å². The van der Waals surface area contributed by atoms with Crippen molar-refractivity contribution < 1.29 is 14.3 Å². The number of carbonyl (C=O) groups excluding carboxylic acids is 2. The predicted octanol–water partition coefficient (Wildman–Crippen LogP) is 2.79. The van der Waals surface area contributed by atoms with Crippen molar-refractivity contribution in [2.24, 2.45) is 0 Å². The first-order valence-electron chi connectivity index (χ1n) is 12.5. The maximum Gasteiger partial charge on any atom is 0.407 e. The monoisotopic (exact) mass is 535 g/mol. The molecule has 2 N–H and O–H groups in total. The van der Waals surface area contributed by atoms with E-state index in [-0.39, 0.29) is 12.5 Å². The minimum atomic E-state index is -0.657. The number of anilines is 1. The number of nitrogens with one attached hydrogen (secondary N) is 2. The molecule has 0 spiro atoms. The van der Waals surface area contributed by atoms with Gasteiger partial charge in [0, 0.05) is 39.0 Å². The first-order chi connectivity index (χ1) is 18.4. The van der Waals surface area contributed by atoms with Crippen molar-refractivity contribution in [1.82, 2.24) is 20.5 Å². The van der Waals surface area contributed by atoms with E-state index in [1.54, 1.807) is 0 Å². The molecule has 200 valence electrons. The maximum absolute atomic E-state index is 11.8. The molecular formula is C27H33N7O3S. The number of likely N-dealkylation sites (N-methyl/N-ethyl adjacent to an activating group) is 1. The lowest BCUT2D eigenvalue weighted by Gasteiger charge is -2.25. The van der Waals surface area contributed by atoms with Gasteiger partial charge in [0.25, 0.3) is 5.91 Å². The van der Waals surface area contributed by atoms with Crippen LogP contribution in [0.2, 0.25) is 0 Å². The molecule has 1 aliphatic rings. The summed E-state index contributed by atoms with van der Waals surface area (Å²) in [6.45, 7) is 5.43. The summed E-state index contributed by atoms with van der Waals surface area (Å²) in [5, 5.41) is 25.6. The van der Waals surface area contributed by atoms with Crippen LogP contribution < -0.4 is 15.5 Å². The van der Waals surface area contributed by atoms with Gasteiger partial charge in [0.05, 0.1) is 11.1 Å². The normalized spacial score (nSPS) is 13.7. The van der Waals surface area contributed by atoms with Gasteiger partial charge in [0.2, 0.25) is 0 Å². The molecule has 10 nitrogen and oxygen atoms in total. The Balaban J connectivity index is 1.71. The van der Waals surface area contributed by atoms with Crippen molar-refractivity contribution in [2.75, 3.05) is 51.8 Å². The zero-order chi connectivity index (χ0) is 27.5. The van der Waals surface area contributed by atoms with Crippen LogP contribution in [0.4, 0.5) is 10.6 Å². The van der Waals surface area contributed by atoms with E-state index in [1.165, 1.54) is 18.8 Å². The summed E-state index contributed by atoms with van der Waals surface area (Å²) < 4.78 is 4.73. The SMILES string of the molecule is CCc1c(C#N)c(SCc2ccc(CNC(=O)COC(=O)NC)cc2)nc(N2CCCN(C)CC2)c1C#N. The minimum Gasteiger partial charge on any atom is -0.439 e. The fraction of sp³-hybridized carbons (Fsp3) is 0.444. The lowest BCUT2D eigenvalue weighted by atomic mass is 10.0. The van der Waals surface area contributed by atoms with Gasteiger partial charge in [-0.1, -0.05) is 31.2 Å². The van der Waals surface area contributed by atoms with Gasteiger partial charge in [-0.25, -0.2) is 9.78 Å². The van der Waals surface area contributed by atoms with Crippen molar-refractivity contribution in [3.05, 3.63) is 52.1 Å². The summed E-state index contributed by atoms with van der Waals surface area (Å²) in [4.78, 5) is 32.2. The van der Waals surface area contributed by atoms with Crippen LogP contribution in [-0.4, -0.2) is 68.8 Å². The summed E-state index contributed by atoms with van der Waals surface area (Å²) in [6, 6.07) is 12.4. The van der Waals surface area contributed by atoms with Crippen LogP contribution in [0.5, 0.6) is 0 Å². The first kappa shape index (κ1) is 28.8. The molecule has 38 heavy (non-hydrogen) atoms. The molecule has 1 aromatic carbocycles. The largest absolute Gasteiger partial charge is 0.439 e. The number of hydrogen-bond acceptors (Lipinski definition) is 9. The zero-order valence-corrected chi connectivity index (χ0v) is 22.9. The van der Waals surface area contributed by atoms with Crippen LogP contribution in [0.1, 0.15) is 41.2 Å². The Hall–Kier alpha value is -3.80. The van der Waals surface area contributed by atoms with E-state index in [9.17, 15) is 20.1 Å². The Morgan fingerprint density at radius 3 is 2.45 bits per heavy atom. The van der Waals surface area contributed by atoms with E-state index in [1.807, 2.05) is 31.2 Å². The second-order valence-corrected chi connectivity index (χ2v) is 9.86. The third-order valence-corrected chi connectivity index (χ3v) is 7.32. The fourth-order valence-corrected chi connectivity index (χ4v) is 5.09. The quantitative estimate of drug-likeness (QED) is 0.465. The molecular weight excluding hydrogens is 502 g/mol. The van der Waals surface area contributed by atoms with Crippen LogP contribution in [0.25, 0.3) is 0 Å². The number of nitriles is 2. The average molecular weight is 536 g/mol. The van der Waals surface area contributed by atoms with Gasteiger partial charge in [-0.15, -0.1) is 11.8 Å². The number of hydrogen-bond donors (Lipinski definition) is 2. The second-order valence-electron chi connectivity index (χ2n) is 8.90. The number of pyridine rings is 1. The molecule has 0 bridgehead atoms. The molecule has 2 aromatic rings. The molecule has 1 aromatic heterocycles. The van der Waals surface area contributed by atoms with Gasteiger partial charge in [0.1, 0.15) is 23.0 Å². The van der Waals surface area contributed by atoms with Crippen molar-refractivity contribution in [3.8, 4) is 12.1 Å². The Bertz CT molecular complexity index is 1220. The Morgan fingerprint density at radius 1 is 1.08 bits per heavy atom. The van der Waals surface area contributed by atoms with E-state index < -0.39 is 6.09 Å². The lowest BCUT2D eigenvalue weighted by molar-refractivity contribution is -0.124. The highest BCUT2D eigenvalue weighted by atomic mass is 32.2. The highest BCUT2D eigenvalue weighted by molar-refractivity contribution is 7.98. The number of amides is 2. The lowest BCUT2D eigenvalue weighted by Crippen LogP contribution is -2.30. The molecule has 0 unspecified atom stereocenters. The number of ether oxygens (including phenoxy) is 1. The van der Waals surface area contributed by atoms with E-state index in [0.717, 1.165) is 49.3 Å². The molecule has 1 fully saturated rings. The third-order valence-electron chi connectivity index (χ3n) is 6.27. The topological polar surface area (TPSA) is 134 Å². The van der Waals surface area contributed by atoms with Gasteiger partial charge in [-0.05, 0) is 43.1 Å². The van der Waals surface area contributed by atoms with Gasteiger partial charge in [-0.2, -0.15) is 10.5 Å². The second kappa shape index (κ2) is 14.2. The van der Waals surface area contributed by atoms with Gasteiger partial charge >= 0.3 is 6.09 Å². The number of benzene rings is 1. The predicted molar refractivity (Wildman–Crippen MR) is 146 cm³/mol. The van der Waals surface area contributed by atoms with E-state index in [0.29, 0.717) is 40.7 Å². The highest BCUT2D eigenvalue weighted by Gasteiger charge is 2.24. The molecule has 3 rings (SSSR count). The van der Waals surface area contributed by atoms with Crippen LogP contribution in [-0.2, 0) is 28.2 Å². The van der Waals surface area contributed by atoms with Crippen molar-refractivity contribution in [1.29, 1.82) is 10.5 Å². The van der Waals surface area contributed by atoms with Crippen LogP contribution in [0.3, 0.4) is 0 Å². The average Bonchev–Trinajstić information content (AvgIpc) is 3.17. The van der Waals surface area contributed by atoms with Crippen LogP contribution >= 0.6 is 11.8 Å². The maximum atomic E-state index is 11.8.